The minimum atomic E-state index is -0.0361. The van der Waals surface area contributed by atoms with Crippen LogP contribution in [0.25, 0.3) is 11.1 Å². The van der Waals surface area contributed by atoms with Crippen LogP contribution in [-0.4, -0.2) is 41.7 Å². The lowest BCUT2D eigenvalue weighted by Gasteiger charge is -2.30. The summed E-state index contributed by atoms with van der Waals surface area (Å²) in [5, 5.41) is 4.72. The van der Waals surface area contributed by atoms with E-state index in [9.17, 15) is 4.79 Å². The van der Waals surface area contributed by atoms with Crippen molar-refractivity contribution in [3.05, 3.63) is 46.3 Å². The van der Waals surface area contributed by atoms with E-state index >= 15 is 0 Å². The smallest absolute Gasteiger partial charge is 0.259 e. The Labute approximate surface area is 169 Å². The number of carbonyl (C=O) groups excluding carboxylic acids is 1. The van der Waals surface area contributed by atoms with Gasteiger partial charge in [-0.05, 0) is 48.6 Å². The Bertz CT molecular complexity index is 1090. The zero-order valence-corrected chi connectivity index (χ0v) is 17.4. The molecule has 1 amide bonds. The minimum absolute atomic E-state index is 0.0361. The van der Waals surface area contributed by atoms with Gasteiger partial charge in [-0.25, -0.2) is 4.98 Å². The standard InChI is InChI=1S/C22H25N3O4/c1-12(2)17-10-16(20-13(3)24-29-21(20)23-17)22(26)25-7-6-14-8-18(27-4)19(28-5)9-15(14)11-25/h8-10,12H,6-7,11H2,1-5H3. The Morgan fingerprint density at radius 3 is 2.48 bits per heavy atom. The number of methoxy groups -OCH3 is 2. The number of carbonyl (C=O) groups is 1. The minimum Gasteiger partial charge on any atom is -0.493 e. The molecule has 0 unspecified atom stereocenters. The Kier molecular flexibility index (Phi) is 4.90. The summed E-state index contributed by atoms with van der Waals surface area (Å²) in [4.78, 5) is 19.9. The van der Waals surface area contributed by atoms with Gasteiger partial charge in [-0.3, -0.25) is 4.79 Å². The van der Waals surface area contributed by atoms with E-state index in [2.05, 4.69) is 10.1 Å². The van der Waals surface area contributed by atoms with Crippen LogP contribution in [0.4, 0.5) is 0 Å². The van der Waals surface area contributed by atoms with Gasteiger partial charge in [0.2, 0.25) is 0 Å². The Morgan fingerprint density at radius 2 is 1.83 bits per heavy atom. The van der Waals surface area contributed by atoms with Crippen LogP contribution in [0.3, 0.4) is 0 Å². The highest BCUT2D eigenvalue weighted by molar-refractivity contribution is 6.06. The third-order valence-corrected chi connectivity index (χ3v) is 5.46. The lowest BCUT2D eigenvalue weighted by molar-refractivity contribution is 0.0736. The van der Waals surface area contributed by atoms with Crippen molar-refractivity contribution in [3.8, 4) is 11.5 Å². The molecule has 0 aliphatic carbocycles. The molecular formula is C22H25N3O4. The molecule has 1 aliphatic rings. The average Bonchev–Trinajstić information content (AvgIpc) is 3.11. The van der Waals surface area contributed by atoms with Crippen LogP contribution in [0, 0.1) is 6.92 Å². The molecular weight excluding hydrogens is 370 g/mol. The van der Waals surface area contributed by atoms with E-state index in [0.717, 1.165) is 17.7 Å². The number of aromatic nitrogens is 2. The molecule has 7 heteroatoms. The Hall–Kier alpha value is -3.09. The lowest BCUT2D eigenvalue weighted by Crippen LogP contribution is -2.36. The third kappa shape index (κ3) is 3.30. The monoisotopic (exact) mass is 395 g/mol. The maximum atomic E-state index is 13.5. The van der Waals surface area contributed by atoms with Crippen LogP contribution in [0.2, 0.25) is 0 Å². The Morgan fingerprint density at radius 1 is 1.14 bits per heavy atom. The van der Waals surface area contributed by atoms with Crippen molar-refractivity contribution >= 4 is 17.0 Å². The first-order chi connectivity index (χ1) is 13.9. The van der Waals surface area contributed by atoms with Gasteiger partial charge in [-0.15, -0.1) is 0 Å². The molecule has 0 N–H and O–H groups in total. The van der Waals surface area contributed by atoms with Gasteiger partial charge in [0, 0.05) is 18.8 Å². The molecule has 4 rings (SSSR count). The first-order valence-corrected chi connectivity index (χ1v) is 9.72. The molecule has 7 nitrogen and oxygen atoms in total. The van der Waals surface area contributed by atoms with E-state index in [1.165, 1.54) is 5.56 Å². The van der Waals surface area contributed by atoms with Crippen molar-refractivity contribution in [1.29, 1.82) is 0 Å². The van der Waals surface area contributed by atoms with Gasteiger partial charge >= 0.3 is 0 Å². The zero-order chi connectivity index (χ0) is 20.7. The summed E-state index contributed by atoms with van der Waals surface area (Å²) in [5.74, 6) is 1.52. The van der Waals surface area contributed by atoms with Gasteiger partial charge < -0.3 is 18.9 Å². The van der Waals surface area contributed by atoms with Gasteiger partial charge in [0.25, 0.3) is 11.6 Å². The summed E-state index contributed by atoms with van der Waals surface area (Å²) in [7, 11) is 3.25. The van der Waals surface area contributed by atoms with E-state index in [0.29, 0.717) is 46.9 Å². The van der Waals surface area contributed by atoms with E-state index in [4.69, 9.17) is 14.0 Å². The summed E-state index contributed by atoms with van der Waals surface area (Å²) in [6, 6.07) is 5.84. The molecule has 0 saturated carbocycles. The fourth-order valence-corrected chi connectivity index (χ4v) is 3.81. The molecule has 0 fully saturated rings. The van der Waals surface area contributed by atoms with Crippen LogP contribution < -0.4 is 9.47 Å². The first kappa shape index (κ1) is 19.2. The number of rotatable bonds is 4. The van der Waals surface area contributed by atoms with E-state index in [1.54, 1.807) is 14.2 Å². The number of ether oxygens (including phenoxy) is 2. The summed E-state index contributed by atoms with van der Waals surface area (Å²) in [5.41, 5.74) is 4.76. The summed E-state index contributed by atoms with van der Waals surface area (Å²) in [6.07, 6.45) is 0.759. The number of hydrogen-bond donors (Lipinski definition) is 0. The maximum absolute atomic E-state index is 13.5. The predicted octanol–water partition coefficient (Wildman–Crippen LogP) is 3.87. The summed E-state index contributed by atoms with van der Waals surface area (Å²) in [6.45, 7) is 7.07. The molecule has 0 atom stereocenters. The molecule has 0 saturated heterocycles. The van der Waals surface area contributed by atoms with Crippen molar-refractivity contribution in [2.24, 2.45) is 0 Å². The molecule has 0 bridgehead atoms. The quantitative estimate of drug-likeness (QED) is 0.667. The zero-order valence-electron chi connectivity index (χ0n) is 17.4. The summed E-state index contributed by atoms with van der Waals surface area (Å²) < 4.78 is 16.2. The van der Waals surface area contributed by atoms with Gasteiger partial charge in [0.1, 0.15) is 0 Å². The maximum Gasteiger partial charge on any atom is 0.259 e. The second kappa shape index (κ2) is 7.39. The highest BCUT2D eigenvalue weighted by atomic mass is 16.5. The van der Waals surface area contributed by atoms with Crippen LogP contribution in [0.15, 0.2) is 22.7 Å². The molecule has 0 radical (unpaired) electrons. The van der Waals surface area contributed by atoms with Crippen LogP contribution >= 0.6 is 0 Å². The molecule has 3 heterocycles. The largest absolute Gasteiger partial charge is 0.493 e. The molecule has 29 heavy (non-hydrogen) atoms. The van der Waals surface area contributed by atoms with Gasteiger partial charge in [-0.1, -0.05) is 19.0 Å². The number of benzene rings is 1. The number of fused-ring (bicyclic) bond motifs is 2. The van der Waals surface area contributed by atoms with Crippen molar-refractivity contribution in [2.75, 3.05) is 20.8 Å². The van der Waals surface area contributed by atoms with Crippen LogP contribution in [0.5, 0.6) is 11.5 Å². The van der Waals surface area contributed by atoms with Gasteiger partial charge in [0.05, 0.1) is 30.9 Å². The van der Waals surface area contributed by atoms with E-state index in [1.807, 2.05) is 43.9 Å². The van der Waals surface area contributed by atoms with E-state index in [-0.39, 0.29) is 11.8 Å². The second-order valence-corrected chi connectivity index (χ2v) is 7.65. The third-order valence-electron chi connectivity index (χ3n) is 5.46. The second-order valence-electron chi connectivity index (χ2n) is 7.65. The van der Waals surface area contributed by atoms with Crippen molar-refractivity contribution in [2.45, 2.75) is 39.7 Å². The Balaban J connectivity index is 1.72. The lowest BCUT2D eigenvalue weighted by atomic mass is 9.97. The van der Waals surface area contributed by atoms with E-state index < -0.39 is 0 Å². The highest BCUT2D eigenvalue weighted by Crippen LogP contribution is 2.34. The van der Waals surface area contributed by atoms with Crippen molar-refractivity contribution < 1.29 is 18.8 Å². The number of pyridine rings is 1. The number of hydrogen-bond acceptors (Lipinski definition) is 6. The summed E-state index contributed by atoms with van der Waals surface area (Å²) >= 11 is 0. The number of nitrogens with zero attached hydrogens (tertiary/aromatic N) is 3. The van der Waals surface area contributed by atoms with Gasteiger partial charge in [0.15, 0.2) is 11.5 Å². The normalized spacial score (nSPS) is 13.7. The molecule has 3 aromatic rings. The fourth-order valence-electron chi connectivity index (χ4n) is 3.81. The molecule has 2 aromatic heterocycles. The number of aryl methyl sites for hydroxylation is 1. The predicted molar refractivity (Wildman–Crippen MR) is 109 cm³/mol. The fraction of sp³-hybridized carbons (Fsp3) is 0.409. The molecule has 0 spiro atoms. The highest BCUT2D eigenvalue weighted by Gasteiger charge is 2.27. The average molecular weight is 395 g/mol. The molecule has 1 aromatic carbocycles. The van der Waals surface area contributed by atoms with Crippen molar-refractivity contribution in [3.63, 3.8) is 0 Å². The van der Waals surface area contributed by atoms with Crippen molar-refractivity contribution in [1.82, 2.24) is 15.0 Å². The molecule has 1 aliphatic heterocycles. The van der Waals surface area contributed by atoms with Crippen LogP contribution in [-0.2, 0) is 13.0 Å². The van der Waals surface area contributed by atoms with Crippen LogP contribution in [0.1, 0.15) is 52.6 Å². The number of amides is 1. The SMILES string of the molecule is COc1cc2c(cc1OC)CN(C(=O)c1cc(C(C)C)nc3onc(C)c13)CC2. The molecule has 152 valence electrons. The topological polar surface area (TPSA) is 77.7 Å². The first-order valence-electron chi connectivity index (χ1n) is 9.72. The van der Waals surface area contributed by atoms with Gasteiger partial charge in [-0.2, -0.15) is 0 Å².